The van der Waals surface area contributed by atoms with Crippen LogP contribution >= 0.6 is 0 Å². The Morgan fingerprint density at radius 3 is 2.50 bits per heavy atom. The molecular formula is C18H20F3N7. The van der Waals surface area contributed by atoms with E-state index in [9.17, 15) is 13.2 Å². The van der Waals surface area contributed by atoms with Gasteiger partial charge in [-0.25, -0.2) is 4.98 Å². The minimum absolute atomic E-state index is 0.00688. The Labute approximate surface area is 159 Å². The van der Waals surface area contributed by atoms with E-state index >= 15 is 0 Å². The van der Waals surface area contributed by atoms with Crippen LogP contribution in [-0.2, 0) is 6.18 Å². The van der Waals surface area contributed by atoms with Crippen molar-refractivity contribution >= 4 is 17.3 Å². The molecule has 1 aliphatic heterocycles. The van der Waals surface area contributed by atoms with E-state index in [1.165, 1.54) is 12.3 Å². The molecule has 0 aliphatic carbocycles. The molecule has 4 rings (SSSR count). The van der Waals surface area contributed by atoms with Crippen molar-refractivity contribution in [3.63, 3.8) is 0 Å². The zero-order valence-corrected chi connectivity index (χ0v) is 15.6. The maximum absolute atomic E-state index is 13.3. The molecule has 7 nitrogen and oxygen atoms in total. The number of nitrogens with zero attached hydrogens (tertiary/aromatic N) is 7. The van der Waals surface area contributed by atoms with Gasteiger partial charge >= 0.3 is 6.18 Å². The minimum Gasteiger partial charge on any atom is -0.361 e. The lowest BCUT2D eigenvalue weighted by Gasteiger charge is -2.33. The fourth-order valence-corrected chi connectivity index (χ4v) is 3.51. The molecule has 1 saturated heterocycles. The number of hydrogen-bond donors (Lipinski definition) is 0. The molecule has 3 aromatic rings. The van der Waals surface area contributed by atoms with Crippen LogP contribution in [0.4, 0.5) is 24.8 Å². The summed E-state index contributed by atoms with van der Waals surface area (Å²) in [5, 5.41) is 13.0. The average Bonchev–Trinajstić information content (AvgIpc) is 3.10. The highest BCUT2D eigenvalue weighted by Crippen LogP contribution is 2.37. The maximum Gasteiger partial charge on any atom is 0.419 e. The highest BCUT2D eigenvalue weighted by atomic mass is 19.4. The SMILES string of the molecule is CN(C)c1ccc2nnc(C3CCN(c4ncccc4C(F)(F)F)CC3)n2n1. The van der Waals surface area contributed by atoms with Gasteiger partial charge in [0.15, 0.2) is 11.5 Å². The molecular weight excluding hydrogens is 371 g/mol. The Bertz CT molecular complexity index is 975. The van der Waals surface area contributed by atoms with Crippen molar-refractivity contribution in [1.29, 1.82) is 0 Å². The summed E-state index contributed by atoms with van der Waals surface area (Å²) >= 11 is 0. The molecule has 0 amide bonds. The Balaban J connectivity index is 1.56. The van der Waals surface area contributed by atoms with Crippen LogP contribution in [0, 0.1) is 0 Å². The van der Waals surface area contributed by atoms with Gasteiger partial charge in [0.1, 0.15) is 11.6 Å². The summed E-state index contributed by atoms with van der Waals surface area (Å²) in [6.07, 6.45) is -1.71. The van der Waals surface area contributed by atoms with Crippen LogP contribution in [0.2, 0.25) is 0 Å². The number of hydrogen-bond acceptors (Lipinski definition) is 6. The first-order valence-corrected chi connectivity index (χ1v) is 9.01. The first kappa shape index (κ1) is 18.5. The van der Waals surface area contributed by atoms with Gasteiger partial charge in [-0.3, -0.25) is 0 Å². The summed E-state index contributed by atoms with van der Waals surface area (Å²) < 4.78 is 41.6. The van der Waals surface area contributed by atoms with Gasteiger partial charge in [0.05, 0.1) is 5.56 Å². The molecule has 0 radical (unpaired) electrons. The zero-order chi connectivity index (χ0) is 19.9. The summed E-state index contributed by atoms with van der Waals surface area (Å²) in [5.74, 6) is 1.60. The van der Waals surface area contributed by atoms with E-state index in [0.29, 0.717) is 31.6 Å². The Morgan fingerprint density at radius 2 is 1.82 bits per heavy atom. The predicted octanol–water partition coefficient (Wildman–Crippen LogP) is 2.99. The lowest BCUT2D eigenvalue weighted by Crippen LogP contribution is -2.35. The number of fused-ring (bicyclic) bond motifs is 1. The third-order valence-electron chi connectivity index (χ3n) is 4.98. The van der Waals surface area contributed by atoms with Crippen LogP contribution in [0.5, 0.6) is 0 Å². The number of alkyl halides is 3. The molecule has 0 N–H and O–H groups in total. The Kier molecular flexibility index (Phi) is 4.56. The topological polar surface area (TPSA) is 62.5 Å². The van der Waals surface area contributed by atoms with Crippen molar-refractivity contribution in [1.82, 2.24) is 24.8 Å². The first-order chi connectivity index (χ1) is 13.3. The molecule has 1 aliphatic rings. The second-order valence-electron chi connectivity index (χ2n) is 7.05. The normalized spacial score (nSPS) is 16.0. The molecule has 0 unspecified atom stereocenters. The van der Waals surface area contributed by atoms with Crippen molar-refractivity contribution in [3.8, 4) is 0 Å². The summed E-state index contributed by atoms with van der Waals surface area (Å²) in [6, 6.07) is 6.12. The van der Waals surface area contributed by atoms with Crippen molar-refractivity contribution in [2.75, 3.05) is 37.0 Å². The number of anilines is 2. The third-order valence-corrected chi connectivity index (χ3v) is 4.98. The molecule has 0 bridgehead atoms. The second-order valence-corrected chi connectivity index (χ2v) is 7.05. The van der Waals surface area contributed by atoms with Gasteiger partial charge in [0.2, 0.25) is 0 Å². The molecule has 4 heterocycles. The second kappa shape index (κ2) is 6.92. The lowest BCUT2D eigenvalue weighted by molar-refractivity contribution is -0.137. The molecule has 3 aromatic heterocycles. The summed E-state index contributed by atoms with van der Waals surface area (Å²) in [4.78, 5) is 7.58. The van der Waals surface area contributed by atoms with Gasteiger partial charge in [-0.15, -0.1) is 15.3 Å². The largest absolute Gasteiger partial charge is 0.419 e. The van der Waals surface area contributed by atoms with Crippen molar-refractivity contribution < 1.29 is 13.2 Å². The predicted molar refractivity (Wildman–Crippen MR) is 98.5 cm³/mol. The van der Waals surface area contributed by atoms with E-state index in [2.05, 4.69) is 20.3 Å². The molecule has 0 aromatic carbocycles. The quantitative estimate of drug-likeness (QED) is 0.684. The molecule has 28 heavy (non-hydrogen) atoms. The average molecular weight is 391 g/mol. The van der Waals surface area contributed by atoms with Gasteiger partial charge in [0.25, 0.3) is 0 Å². The van der Waals surface area contributed by atoms with Gasteiger partial charge in [0, 0.05) is 39.3 Å². The summed E-state index contributed by atoms with van der Waals surface area (Å²) in [6.45, 7) is 0.931. The van der Waals surface area contributed by atoms with E-state index in [0.717, 1.165) is 17.7 Å². The van der Waals surface area contributed by atoms with Crippen LogP contribution in [0.1, 0.15) is 30.1 Å². The Hall–Kier alpha value is -2.91. The van der Waals surface area contributed by atoms with E-state index < -0.39 is 11.7 Å². The van der Waals surface area contributed by atoms with Gasteiger partial charge in [-0.2, -0.15) is 17.7 Å². The summed E-state index contributed by atoms with van der Waals surface area (Å²) in [7, 11) is 3.81. The van der Waals surface area contributed by atoms with Crippen molar-refractivity contribution in [2.24, 2.45) is 0 Å². The van der Waals surface area contributed by atoms with Crippen LogP contribution in [-0.4, -0.2) is 52.0 Å². The van der Waals surface area contributed by atoms with Crippen molar-refractivity contribution in [3.05, 3.63) is 41.9 Å². The number of piperidine rings is 1. The van der Waals surface area contributed by atoms with E-state index in [1.807, 2.05) is 31.1 Å². The smallest absolute Gasteiger partial charge is 0.361 e. The highest BCUT2D eigenvalue weighted by molar-refractivity contribution is 5.49. The maximum atomic E-state index is 13.3. The molecule has 10 heteroatoms. The molecule has 0 atom stereocenters. The van der Waals surface area contributed by atoms with E-state index in [-0.39, 0.29) is 11.7 Å². The zero-order valence-electron chi connectivity index (χ0n) is 15.6. The number of aromatic nitrogens is 5. The molecule has 0 spiro atoms. The Morgan fingerprint density at radius 1 is 1.07 bits per heavy atom. The van der Waals surface area contributed by atoms with Crippen molar-refractivity contribution in [2.45, 2.75) is 24.9 Å². The third kappa shape index (κ3) is 3.34. The van der Waals surface area contributed by atoms with E-state index in [4.69, 9.17) is 0 Å². The summed E-state index contributed by atoms with van der Waals surface area (Å²) in [5.41, 5.74) is -0.0363. The van der Waals surface area contributed by atoms with Crippen LogP contribution in [0.25, 0.3) is 5.65 Å². The van der Waals surface area contributed by atoms with Gasteiger partial charge in [-0.1, -0.05) is 0 Å². The molecule has 0 saturated carbocycles. The monoisotopic (exact) mass is 391 g/mol. The number of pyridine rings is 1. The van der Waals surface area contributed by atoms with Crippen LogP contribution < -0.4 is 9.80 Å². The number of halogens is 3. The fourth-order valence-electron chi connectivity index (χ4n) is 3.51. The molecule has 1 fully saturated rings. The number of rotatable bonds is 3. The highest BCUT2D eigenvalue weighted by Gasteiger charge is 2.36. The fraction of sp³-hybridized carbons (Fsp3) is 0.444. The van der Waals surface area contributed by atoms with E-state index in [1.54, 1.807) is 9.42 Å². The van der Waals surface area contributed by atoms with Crippen LogP contribution in [0.3, 0.4) is 0 Å². The van der Waals surface area contributed by atoms with Gasteiger partial charge < -0.3 is 9.80 Å². The molecule has 148 valence electrons. The lowest BCUT2D eigenvalue weighted by atomic mass is 9.96. The van der Waals surface area contributed by atoms with Crippen LogP contribution in [0.15, 0.2) is 30.5 Å². The first-order valence-electron chi connectivity index (χ1n) is 9.01. The van der Waals surface area contributed by atoms with Gasteiger partial charge in [-0.05, 0) is 37.1 Å². The minimum atomic E-state index is -4.42. The standard InChI is InChI=1S/C18H20F3N7/c1-26(2)15-6-5-14-23-24-16(28(14)25-15)12-7-10-27(11-8-12)17-13(18(19,20)21)4-3-9-22-17/h3-6,9,12H,7-8,10-11H2,1-2H3.